The lowest BCUT2D eigenvalue weighted by atomic mass is 10.1. The van der Waals surface area contributed by atoms with E-state index in [1.54, 1.807) is 10.7 Å². The van der Waals surface area contributed by atoms with Gasteiger partial charge >= 0.3 is 0 Å². The Kier molecular flexibility index (Phi) is 4.29. The molecule has 0 fully saturated rings. The molecule has 2 rings (SSSR count). The van der Waals surface area contributed by atoms with Crippen molar-refractivity contribution in [2.45, 2.75) is 19.6 Å². The van der Waals surface area contributed by atoms with E-state index >= 15 is 0 Å². The summed E-state index contributed by atoms with van der Waals surface area (Å²) in [6.45, 7) is 1.79. The summed E-state index contributed by atoms with van der Waals surface area (Å²) in [6.07, 6.45) is 3.85. The molecule has 0 amide bonds. The summed E-state index contributed by atoms with van der Waals surface area (Å²) in [7, 11) is 3.93. The molecule has 0 spiro atoms. The molecule has 5 heteroatoms. The van der Waals surface area contributed by atoms with Crippen molar-refractivity contribution in [1.29, 1.82) is 0 Å². The predicted octanol–water partition coefficient (Wildman–Crippen LogP) is 1.65. The molecule has 0 aliphatic heterocycles. The lowest BCUT2D eigenvalue weighted by Crippen LogP contribution is -2.17. The number of benzene rings is 1. The monoisotopic (exact) mass is 262 g/mol. The summed E-state index contributed by atoms with van der Waals surface area (Å²) in [5, 5.41) is 4.14. The van der Waals surface area contributed by atoms with E-state index in [1.807, 2.05) is 32.6 Å². The Labute approximate surface area is 112 Å². The molecule has 0 bridgehead atoms. The molecule has 102 valence electrons. The highest BCUT2D eigenvalue weighted by Gasteiger charge is 2.06. The Hall–Kier alpha value is -1.72. The SMILES string of the molecule is CN(Cc1ccc(F)c(CN)c1)Cc1cnn(C)c1. The first-order valence-electron chi connectivity index (χ1n) is 6.22. The van der Waals surface area contributed by atoms with Gasteiger partial charge in [-0.05, 0) is 18.7 Å². The molecule has 0 aliphatic carbocycles. The van der Waals surface area contributed by atoms with Crippen LogP contribution >= 0.6 is 0 Å². The van der Waals surface area contributed by atoms with Crippen molar-refractivity contribution in [2.75, 3.05) is 7.05 Å². The minimum absolute atomic E-state index is 0.228. The number of rotatable bonds is 5. The van der Waals surface area contributed by atoms with Crippen molar-refractivity contribution in [3.8, 4) is 0 Å². The Bertz CT molecular complexity index is 550. The molecule has 0 atom stereocenters. The molecule has 1 heterocycles. The van der Waals surface area contributed by atoms with Gasteiger partial charge in [-0.3, -0.25) is 9.58 Å². The average molecular weight is 262 g/mol. The number of nitrogens with two attached hydrogens (primary N) is 1. The van der Waals surface area contributed by atoms with E-state index < -0.39 is 0 Å². The second-order valence-electron chi connectivity index (χ2n) is 4.82. The minimum atomic E-state index is -0.235. The second-order valence-corrected chi connectivity index (χ2v) is 4.82. The third-order valence-electron chi connectivity index (χ3n) is 2.99. The highest BCUT2D eigenvalue weighted by molar-refractivity contribution is 5.25. The topological polar surface area (TPSA) is 47.1 Å². The number of aryl methyl sites for hydroxylation is 1. The fourth-order valence-electron chi connectivity index (χ4n) is 2.12. The van der Waals surface area contributed by atoms with E-state index in [-0.39, 0.29) is 12.4 Å². The van der Waals surface area contributed by atoms with Gasteiger partial charge in [0.05, 0.1) is 6.20 Å². The molecule has 0 saturated heterocycles. The second kappa shape index (κ2) is 5.95. The zero-order chi connectivity index (χ0) is 13.8. The Balaban J connectivity index is 2.00. The van der Waals surface area contributed by atoms with Gasteiger partial charge in [0.2, 0.25) is 0 Å². The summed E-state index contributed by atoms with van der Waals surface area (Å²) >= 11 is 0. The third-order valence-corrected chi connectivity index (χ3v) is 2.99. The van der Waals surface area contributed by atoms with E-state index in [2.05, 4.69) is 10.00 Å². The van der Waals surface area contributed by atoms with Crippen molar-refractivity contribution in [3.63, 3.8) is 0 Å². The van der Waals surface area contributed by atoms with E-state index in [0.717, 1.165) is 24.2 Å². The van der Waals surface area contributed by atoms with Crippen LogP contribution in [-0.4, -0.2) is 21.7 Å². The highest BCUT2D eigenvalue weighted by Crippen LogP contribution is 2.13. The van der Waals surface area contributed by atoms with Gasteiger partial charge in [0.25, 0.3) is 0 Å². The number of aromatic nitrogens is 2. The standard InChI is InChI=1S/C14H19FN4/c1-18(9-12-7-17-19(2)10-12)8-11-3-4-14(15)13(5-11)6-16/h3-5,7,10H,6,8-9,16H2,1-2H3. The lowest BCUT2D eigenvalue weighted by Gasteiger charge is -2.16. The maximum absolute atomic E-state index is 13.4. The van der Waals surface area contributed by atoms with Gasteiger partial charge in [0, 0.05) is 44.0 Å². The smallest absolute Gasteiger partial charge is 0.127 e. The first kappa shape index (κ1) is 13.7. The molecule has 4 nitrogen and oxygen atoms in total. The normalized spacial score (nSPS) is 11.2. The summed E-state index contributed by atoms with van der Waals surface area (Å²) in [6, 6.07) is 5.11. The molecule has 0 aliphatic rings. The molecule has 2 aromatic rings. The van der Waals surface area contributed by atoms with E-state index in [0.29, 0.717) is 5.56 Å². The minimum Gasteiger partial charge on any atom is -0.326 e. The molecule has 1 aromatic carbocycles. The highest BCUT2D eigenvalue weighted by atomic mass is 19.1. The van der Waals surface area contributed by atoms with Crippen LogP contribution in [0.1, 0.15) is 16.7 Å². The lowest BCUT2D eigenvalue weighted by molar-refractivity contribution is 0.318. The number of halogens is 1. The van der Waals surface area contributed by atoms with Gasteiger partial charge in [-0.15, -0.1) is 0 Å². The molecule has 0 unspecified atom stereocenters. The summed E-state index contributed by atoms with van der Waals surface area (Å²) in [5.74, 6) is -0.235. The first-order valence-corrected chi connectivity index (χ1v) is 6.22. The fourth-order valence-corrected chi connectivity index (χ4v) is 2.12. The first-order chi connectivity index (χ1) is 9.08. The van der Waals surface area contributed by atoms with Crippen LogP contribution in [0.5, 0.6) is 0 Å². The molecule has 1 aromatic heterocycles. The largest absolute Gasteiger partial charge is 0.326 e. The van der Waals surface area contributed by atoms with E-state index in [1.165, 1.54) is 6.07 Å². The van der Waals surface area contributed by atoms with Crippen molar-refractivity contribution >= 4 is 0 Å². The molecular formula is C14H19FN4. The Morgan fingerprint density at radius 2 is 2.05 bits per heavy atom. The average Bonchev–Trinajstić information content (AvgIpc) is 2.77. The van der Waals surface area contributed by atoms with Crippen molar-refractivity contribution < 1.29 is 4.39 Å². The zero-order valence-electron chi connectivity index (χ0n) is 11.3. The van der Waals surface area contributed by atoms with Gasteiger partial charge in [-0.1, -0.05) is 12.1 Å². The molecular weight excluding hydrogens is 243 g/mol. The molecule has 2 N–H and O–H groups in total. The van der Waals surface area contributed by atoms with Gasteiger partial charge < -0.3 is 5.73 Å². The van der Waals surface area contributed by atoms with Crippen LogP contribution in [0, 0.1) is 5.82 Å². The van der Waals surface area contributed by atoms with Crippen LogP contribution < -0.4 is 5.73 Å². The van der Waals surface area contributed by atoms with Crippen LogP contribution in [0.2, 0.25) is 0 Å². The quantitative estimate of drug-likeness (QED) is 0.891. The summed E-state index contributed by atoms with van der Waals surface area (Å²) < 4.78 is 15.1. The Morgan fingerprint density at radius 3 is 2.68 bits per heavy atom. The van der Waals surface area contributed by atoms with Crippen molar-refractivity contribution in [1.82, 2.24) is 14.7 Å². The third kappa shape index (κ3) is 3.62. The van der Waals surface area contributed by atoms with Crippen LogP contribution in [0.4, 0.5) is 4.39 Å². The van der Waals surface area contributed by atoms with E-state index in [9.17, 15) is 4.39 Å². The number of hydrogen-bond donors (Lipinski definition) is 1. The molecule has 0 saturated carbocycles. The van der Waals surface area contributed by atoms with Crippen LogP contribution in [0.15, 0.2) is 30.6 Å². The maximum atomic E-state index is 13.4. The number of nitrogens with zero attached hydrogens (tertiary/aromatic N) is 3. The van der Waals surface area contributed by atoms with Crippen LogP contribution in [0.3, 0.4) is 0 Å². The van der Waals surface area contributed by atoms with Crippen LogP contribution in [0.25, 0.3) is 0 Å². The maximum Gasteiger partial charge on any atom is 0.127 e. The van der Waals surface area contributed by atoms with Gasteiger partial charge in [0.15, 0.2) is 0 Å². The van der Waals surface area contributed by atoms with Gasteiger partial charge in [-0.2, -0.15) is 5.10 Å². The molecule has 19 heavy (non-hydrogen) atoms. The zero-order valence-corrected chi connectivity index (χ0v) is 11.3. The summed E-state index contributed by atoms with van der Waals surface area (Å²) in [5.41, 5.74) is 8.30. The van der Waals surface area contributed by atoms with Crippen molar-refractivity contribution in [3.05, 3.63) is 53.1 Å². The van der Waals surface area contributed by atoms with Crippen LogP contribution in [-0.2, 0) is 26.7 Å². The van der Waals surface area contributed by atoms with Gasteiger partial charge in [-0.25, -0.2) is 4.39 Å². The summed E-state index contributed by atoms with van der Waals surface area (Å²) in [4.78, 5) is 2.16. The Morgan fingerprint density at radius 1 is 1.32 bits per heavy atom. The predicted molar refractivity (Wildman–Crippen MR) is 72.7 cm³/mol. The number of hydrogen-bond acceptors (Lipinski definition) is 3. The van der Waals surface area contributed by atoms with E-state index in [4.69, 9.17) is 5.73 Å². The molecule has 0 radical (unpaired) electrons. The fraction of sp³-hybridized carbons (Fsp3) is 0.357. The van der Waals surface area contributed by atoms with Crippen molar-refractivity contribution in [2.24, 2.45) is 12.8 Å². The van der Waals surface area contributed by atoms with Gasteiger partial charge in [0.1, 0.15) is 5.82 Å².